The van der Waals surface area contributed by atoms with Crippen molar-refractivity contribution in [1.29, 1.82) is 0 Å². The van der Waals surface area contributed by atoms with E-state index in [1.165, 1.54) is 10.9 Å². The number of halogens is 2. The van der Waals surface area contributed by atoms with E-state index in [1.54, 1.807) is 27.8 Å². The van der Waals surface area contributed by atoms with Crippen LogP contribution in [0.15, 0.2) is 6.33 Å². The third kappa shape index (κ3) is 4.48. The lowest BCUT2D eigenvalue weighted by atomic mass is 9.99. The van der Waals surface area contributed by atoms with E-state index in [0.29, 0.717) is 11.3 Å². The summed E-state index contributed by atoms with van der Waals surface area (Å²) in [6.45, 7) is 1.61. The van der Waals surface area contributed by atoms with Crippen LogP contribution in [0.1, 0.15) is 27.0 Å². The van der Waals surface area contributed by atoms with Gasteiger partial charge >= 0.3 is 5.97 Å². The number of fused-ring (bicyclic) bond motifs is 2. The Balaban J connectivity index is 1.61. The van der Waals surface area contributed by atoms with Crippen LogP contribution in [0.5, 0.6) is 0 Å². The lowest BCUT2D eigenvalue weighted by molar-refractivity contribution is -0.149. The quantitative estimate of drug-likeness (QED) is 0.269. The molecule has 2 fully saturated rings. The number of esters is 1. The number of carbonyl (C=O) groups is 1. The van der Waals surface area contributed by atoms with Crippen molar-refractivity contribution < 1.29 is 27.7 Å². The molecule has 2 saturated heterocycles. The molecule has 0 saturated carbocycles. The summed E-state index contributed by atoms with van der Waals surface area (Å²) in [5, 5.41) is 5.74. The summed E-state index contributed by atoms with van der Waals surface area (Å²) < 4.78 is 40.3. The summed E-state index contributed by atoms with van der Waals surface area (Å²) in [7, 11) is 1.66. The summed E-state index contributed by atoms with van der Waals surface area (Å²) >= 11 is 11.7. The Morgan fingerprint density at radius 1 is 1.50 bits per heavy atom. The van der Waals surface area contributed by atoms with Crippen molar-refractivity contribution in [3.8, 4) is 0 Å². The van der Waals surface area contributed by atoms with Crippen LogP contribution >= 0.6 is 18.2 Å². The Morgan fingerprint density at radius 3 is 2.88 bits per heavy atom. The number of aromatic nitrogens is 4. The number of anilines is 2. The molecule has 1 unspecified atom stereocenters. The second-order valence-corrected chi connectivity index (χ2v) is 11.7. The Morgan fingerprint density at radius 2 is 2.24 bits per heavy atom. The molecule has 0 bridgehead atoms. The lowest BCUT2D eigenvalue weighted by Crippen LogP contribution is -2.53. The molecule has 34 heavy (non-hydrogen) atoms. The molecule has 0 radical (unpaired) electrons. The fraction of sp³-hybridized carbons (Fsp3) is 0.667. The first-order chi connectivity index (χ1) is 16.0. The second kappa shape index (κ2) is 9.41. The number of carbonyl (C=O) groups excluding carboxylic acids is 1. The Bertz CT molecular complexity index is 1140. The fourth-order valence-electron chi connectivity index (χ4n) is 3.80. The number of alkyl halides is 2. The molecule has 2 aliphatic rings. The number of rotatable bonds is 7. The van der Waals surface area contributed by atoms with Gasteiger partial charge in [-0.15, -0.1) is 11.6 Å². The average molecular weight is 538 g/mol. The van der Waals surface area contributed by atoms with Crippen molar-refractivity contribution in [1.82, 2.24) is 24.6 Å². The van der Waals surface area contributed by atoms with Gasteiger partial charge in [-0.1, -0.05) is 0 Å². The van der Waals surface area contributed by atoms with Crippen molar-refractivity contribution in [2.24, 2.45) is 0 Å². The number of hydrogen-bond acceptors (Lipinski definition) is 11. The molecule has 0 aromatic carbocycles. The minimum atomic E-state index is -3.28. The molecule has 4 N–H and O–H groups in total. The molecule has 0 spiro atoms. The summed E-state index contributed by atoms with van der Waals surface area (Å²) in [4.78, 5) is 24.8. The van der Waals surface area contributed by atoms with Gasteiger partial charge in [-0.3, -0.25) is 9.36 Å². The maximum atomic E-state index is 15.9. The number of ether oxygens (including phenoxy) is 2. The highest BCUT2D eigenvalue weighted by Crippen LogP contribution is 2.58. The van der Waals surface area contributed by atoms with Gasteiger partial charge in [0.05, 0.1) is 24.9 Å². The molecule has 2 aromatic heterocycles. The Labute approximate surface area is 205 Å². The van der Waals surface area contributed by atoms with Crippen molar-refractivity contribution in [3.63, 3.8) is 0 Å². The summed E-state index contributed by atoms with van der Waals surface area (Å²) in [6, 6.07) is -0.829. The molecule has 12 nitrogen and oxygen atoms in total. The Kier molecular flexibility index (Phi) is 7.04. The van der Waals surface area contributed by atoms with E-state index in [2.05, 4.69) is 25.4 Å². The van der Waals surface area contributed by atoms with Gasteiger partial charge in [0.1, 0.15) is 17.7 Å². The molecule has 188 valence electrons. The van der Waals surface area contributed by atoms with Crippen LogP contribution in [0, 0.1) is 0 Å². The Hall–Kier alpha value is -1.67. The largest absolute Gasteiger partial charge is 0.462 e. The SMILES string of the molecule is CNc1nc(N)nc2c1ncn2[C@@H]1O[C@]2(CCl)COP(=S)(N[C@@H](C)C(=O)OC(C)C)O[C@H]2[C@H]1F. The molecule has 0 aliphatic carbocycles. The van der Waals surface area contributed by atoms with Crippen LogP contribution in [0.3, 0.4) is 0 Å². The zero-order valence-corrected chi connectivity index (χ0v) is 21.4. The highest BCUT2D eigenvalue weighted by molar-refractivity contribution is 8.09. The number of hydrogen-bond donors (Lipinski definition) is 3. The topological polar surface area (TPSA) is 148 Å². The van der Waals surface area contributed by atoms with Crippen LogP contribution in [0.2, 0.25) is 0 Å². The highest BCUT2D eigenvalue weighted by atomic mass is 35.5. The van der Waals surface area contributed by atoms with Gasteiger partial charge in [-0.2, -0.15) is 9.97 Å². The van der Waals surface area contributed by atoms with Crippen molar-refractivity contribution in [2.75, 3.05) is 30.6 Å². The number of nitrogens with zero attached hydrogens (tertiary/aromatic N) is 4. The number of nitrogen functional groups attached to an aromatic ring is 1. The molecule has 16 heteroatoms. The van der Waals surface area contributed by atoms with Crippen LogP contribution < -0.4 is 16.1 Å². The predicted octanol–water partition coefficient (Wildman–Crippen LogP) is 1.86. The van der Waals surface area contributed by atoms with Gasteiger partial charge in [0.2, 0.25) is 5.95 Å². The van der Waals surface area contributed by atoms with E-state index in [4.69, 9.17) is 47.7 Å². The molecule has 0 amide bonds. The van der Waals surface area contributed by atoms with Gasteiger partial charge in [-0.05, 0) is 32.6 Å². The molecular weight excluding hydrogens is 512 g/mol. The molecule has 4 heterocycles. The van der Waals surface area contributed by atoms with Crippen LogP contribution in [0.25, 0.3) is 11.2 Å². The first kappa shape index (κ1) is 25.4. The van der Waals surface area contributed by atoms with E-state index < -0.39 is 42.8 Å². The average Bonchev–Trinajstić information content (AvgIpc) is 3.31. The van der Waals surface area contributed by atoms with Crippen LogP contribution in [-0.4, -0.2) is 75.0 Å². The minimum Gasteiger partial charge on any atom is -0.462 e. The summed E-state index contributed by atoms with van der Waals surface area (Å²) in [5.74, 6) is -0.278. The zero-order valence-electron chi connectivity index (χ0n) is 18.9. The number of imidazole rings is 1. The zero-order chi connectivity index (χ0) is 24.8. The van der Waals surface area contributed by atoms with Crippen molar-refractivity contribution >= 4 is 58.9 Å². The molecule has 4 rings (SSSR count). The number of nitrogens with two attached hydrogens (primary N) is 1. The molecular formula is C18H26ClFN7O5PS. The van der Waals surface area contributed by atoms with E-state index in [-0.39, 0.29) is 30.2 Å². The summed E-state index contributed by atoms with van der Waals surface area (Å²) in [6.07, 6.45) is -3.00. The van der Waals surface area contributed by atoms with Crippen LogP contribution in [-0.2, 0) is 35.1 Å². The maximum absolute atomic E-state index is 15.9. The van der Waals surface area contributed by atoms with Crippen molar-refractivity contribution in [3.05, 3.63) is 6.33 Å². The highest BCUT2D eigenvalue weighted by Gasteiger charge is 2.62. The van der Waals surface area contributed by atoms with Gasteiger partial charge < -0.3 is 29.6 Å². The second-order valence-electron chi connectivity index (χ2n) is 8.29. The normalized spacial score (nSPS) is 32.0. The third-order valence-corrected chi connectivity index (χ3v) is 8.42. The molecule has 6 atom stereocenters. The van der Waals surface area contributed by atoms with Gasteiger partial charge in [-0.25, -0.2) is 14.5 Å². The monoisotopic (exact) mass is 537 g/mol. The van der Waals surface area contributed by atoms with Gasteiger partial charge in [0, 0.05) is 7.05 Å². The maximum Gasteiger partial charge on any atom is 0.323 e. The van der Waals surface area contributed by atoms with Crippen molar-refractivity contribution in [2.45, 2.75) is 57.0 Å². The molecule has 2 aliphatic heterocycles. The van der Waals surface area contributed by atoms with E-state index in [9.17, 15) is 4.79 Å². The predicted molar refractivity (Wildman–Crippen MR) is 127 cm³/mol. The van der Waals surface area contributed by atoms with Gasteiger partial charge in [0.25, 0.3) is 6.64 Å². The standard InChI is InChI=1S/C18H26ClFN7O5PS/c1-8(2)30-16(28)9(3)26-33(34)29-6-18(5-19)12(32-33)10(20)15(31-18)27-7-23-11-13(22-4)24-17(21)25-14(11)27/h7-10,12,15H,5-6H2,1-4H3,(H,26,34)(H3,21,22,24,25)/t9-,10+,12-,15+,18+,33?/m0/s1. The third-order valence-electron chi connectivity index (χ3n) is 5.40. The fourth-order valence-corrected chi connectivity index (χ4v) is 6.77. The number of nitrogens with one attached hydrogen (secondary N) is 2. The van der Waals surface area contributed by atoms with Gasteiger partial charge in [0.15, 0.2) is 29.4 Å². The van der Waals surface area contributed by atoms with E-state index in [1.807, 2.05) is 0 Å². The first-order valence-electron chi connectivity index (χ1n) is 10.5. The smallest absolute Gasteiger partial charge is 0.323 e. The molecule has 2 aromatic rings. The van der Waals surface area contributed by atoms with Crippen LogP contribution in [0.4, 0.5) is 16.2 Å². The van der Waals surface area contributed by atoms with E-state index in [0.717, 1.165) is 0 Å². The summed E-state index contributed by atoms with van der Waals surface area (Å²) in [5.41, 5.74) is 5.15. The van der Waals surface area contributed by atoms with E-state index >= 15 is 4.39 Å². The first-order valence-corrected chi connectivity index (χ1v) is 13.7. The lowest BCUT2D eigenvalue weighted by Gasteiger charge is -2.41. The minimum absolute atomic E-state index is 0.0157.